The van der Waals surface area contributed by atoms with Gasteiger partial charge in [-0.3, -0.25) is 14.4 Å². The van der Waals surface area contributed by atoms with Crippen LogP contribution in [-0.4, -0.2) is 74.6 Å². The van der Waals surface area contributed by atoms with Crippen molar-refractivity contribution in [2.75, 3.05) is 25.1 Å². The zero-order valence-corrected chi connectivity index (χ0v) is 20.2. The Balaban J connectivity index is 1.62. The molecule has 11 heteroatoms. The van der Waals surface area contributed by atoms with E-state index in [2.05, 4.69) is 21.2 Å². The first-order valence-electron chi connectivity index (χ1n) is 11.2. The number of hydrogen-bond donors (Lipinski definition) is 6. The highest BCUT2D eigenvalue weighted by Gasteiger charge is 2.63. The molecule has 1 amide bonds. The smallest absolute Gasteiger partial charge is 0.255 e. The van der Waals surface area contributed by atoms with Crippen LogP contribution in [0.3, 0.4) is 0 Å². The standard InChI is InChI=1S/C24H25BrN2O8/c25-6-23(8-35-9-23)7-27-17-12-5-11-4-10-2-1-3-13(28)14(10)18(29)15(11)20(31)24(12,34)21(32)16(19(17)30)22(26)33/h1-3,11-12,17,27-29,32,34H,4-9H2,(H2,26,33)/t11-,12-,17+,24-/m0/s1. The maximum Gasteiger partial charge on any atom is 0.255 e. The van der Waals surface area contributed by atoms with Crippen LogP contribution in [0.2, 0.25) is 0 Å². The lowest BCUT2D eigenvalue weighted by Crippen LogP contribution is -2.67. The Hall–Kier alpha value is -2.73. The molecule has 1 aromatic rings. The van der Waals surface area contributed by atoms with Gasteiger partial charge in [-0.05, 0) is 30.4 Å². The maximum absolute atomic E-state index is 13.7. The van der Waals surface area contributed by atoms with E-state index >= 15 is 0 Å². The van der Waals surface area contributed by atoms with Gasteiger partial charge in [0.05, 0.1) is 24.8 Å². The van der Waals surface area contributed by atoms with Crippen molar-refractivity contribution in [3.8, 4) is 5.75 Å². The molecule has 0 spiro atoms. The zero-order valence-electron chi connectivity index (χ0n) is 18.6. The summed E-state index contributed by atoms with van der Waals surface area (Å²) in [6.07, 6.45) is 0.322. The number of halogens is 1. The number of benzene rings is 1. The fourth-order valence-corrected chi connectivity index (χ4v) is 6.32. The van der Waals surface area contributed by atoms with Crippen molar-refractivity contribution in [3.05, 3.63) is 46.2 Å². The summed E-state index contributed by atoms with van der Waals surface area (Å²) in [4.78, 5) is 39.2. The summed E-state index contributed by atoms with van der Waals surface area (Å²) in [5, 5.41) is 47.5. The number of alkyl halides is 1. The number of nitrogens with two attached hydrogens (primary N) is 1. The zero-order chi connectivity index (χ0) is 25.3. The van der Waals surface area contributed by atoms with Crippen LogP contribution in [-0.2, 0) is 25.5 Å². The summed E-state index contributed by atoms with van der Waals surface area (Å²) in [6.45, 7) is 1.17. The number of phenols is 1. The highest BCUT2D eigenvalue weighted by Crippen LogP contribution is 2.52. The third-order valence-electron chi connectivity index (χ3n) is 7.73. The fraction of sp³-hybridized carbons (Fsp3) is 0.458. The summed E-state index contributed by atoms with van der Waals surface area (Å²) in [5.41, 5.74) is 2.10. The van der Waals surface area contributed by atoms with Crippen molar-refractivity contribution in [3.63, 3.8) is 0 Å². The number of Topliss-reactive ketones (excluding diaryl/α,β-unsaturated/α-hetero) is 2. The third-order valence-corrected chi connectivity index (χ3v) is 8.92. The van der Waals surface area contributed by atoms with Gasteiger partial charge in [-0.1, -0.05) is 28.1 Å². The van der Waals surface area contributed by atoms with E-state index in [1.165, 1.54) is 6.07 Å². The summed E-state index contributed by atoms with van der Waals surface area (Å²) >= 11 is 3.44. The number of carbonyl (C=O) groups excluding carboxylic acids is 3. The average molecular weight is 549 g/mol. The number of carbonyl (C=O) groups is 3. The van der Waals surface area contributed by atoms with Crippen molar-refractivity contribution in [1.29, 1.82) is 0 Å². The van der Waals surface area contributed by atoms with Gasteiger partial charge in [-0.15, -0.1) is 0 Å². The molecule has 0 radical (unpaired) electrons. The predicted octanol–water partition coefficient (Wildman–Crippen LogP) is 0.403. The van der Waals surface area contributed by atoms with Crippen molar-refractivity contribution < 1.29 is 39.5 Å². The van der Waals surface area contributed by atoms with Gasteiger partial charge in [0.1, 0.15) is 22.8 Å². The largest absolute Gasteiger partial charge is 0.508 e. The molecule has 1 aromatic carbocycles. The van der Waals surface area contributed by atoms with Crippen molar-refractivity contribution in [2.45, 2.75) is 24.5 Å². The van der Waals surface area contributed by atoms with Gasteiger partial charge in [0.2, 0.25) is 5.78 Å². The molecule has 1 saturated carbocycles. The highest BCUT2D eigenvalue weighted by atomic mass is 79.9. The van der Waals surface area contributed by atoms with Crippen molar-refractivity contribution in [2.24, 2.45) is 23.0 Å². The molecule has 1 heterocycles. The van der Waals surface area contributed by atoms with Crippen LogP contribution in [0.25, 0.3) is 5.76 Å². The molecule has 3 aliphatic carbocycles. The molecule has 0 bridgehead atoms. The number of phenolic OH excluding ortho intramolecular Hbond substituents is 1. The predicted molar refractivity (Wildman–Crippen MR) is 126 cm³/mol. The number of ether oxygens (including phenoxy) is 1. The topological polar surface area (TPSA) is 179 Å². The minimum absolute atomic E-state index is 0.0497. The van der Waals surface area contributed by atoms with Gasteiger partial charge in [0.25, 0.3) is 5.91 Å². The lowest BCUT2D eigenvalue weighted by Gasteiger charge is -2.50. The second-order valence-corrected chi connectivity index (χ2v) is 10.4. The number of hydrogen-bond acceptors (Lipinski definition) is 9. The lowest BCUT2D eigenvalue weighted by atomic mass is 9.57. The summed E-state index contributed by atoms with van der Waals surface area (Å²) in [6, 6.07) is 3.52. The molecular weight excluding hydrogens is 524 g/mol. The van der Waals surface area contributed by atoms with Crippen LogP contribution in [0.4, 0.5) is 0 Å². The Morgan fingerprint density at radius 1 is 1.23 bits per heavy atom. The number of aliphatic hydroxyl groups excluding tert-OH is 2. The molecule has 4 atom stereocenters. The molecule has 0 unspecified atom stereocenters. The van der Waals surface area contributed by atoms with Crippen LogP contribution in [0.15, 0.2) is 35.1 Å². The van der Waals surface area contributed by atoms with Crippen LogP contribution in [0.1, 0.15) is 17.5 Å². The van der Waals surface area contributed by atoms with Crippen molar-refractivity contribution in [1.82, 2.24) is 5.32 Å². The Kier molecular flexibility index (Phi) is 5.59. The van der Waals surface area contributed by atoms with E-state index in [1.54, 1.807) is 12.1 Å². The lowest BCUT2D eigenvalue weighted by molar-refractivity contribution is -0.151. The van der Waals surface area contributed by atoms with E-state index in [-0.39, 0.29) is 41.7 Å². The molecule has 35 heavy (non-hydrogen) atoms. The Bertz CT molecular complexity index is 1210. The van der Waals surface area contributed by atoms with Gasteiger partial charge in [0.15, 0.2) is 11.4 Å². The molecule has 5 rings (SSSR count). The van der Waals surface area contributed by atoms with Crippen LogP contribution in [0.5, 0.6) is 5.75 Å². The van der Waals surface area contributed by atoms with Gasteiger partial charge in [-0.25, -0.2) is 0 Å². The Morgan fingerprint density at radius 2 is 1.94 bits per heavy atom. The number of aromatic hydroxyl groups is 1. The number of amides is 1. The molecule has 10 nitrogen and oxygen atoms in total. The molecule has 4 aliphatic rings. The first-order valence-corrected chi connectivity index (χ1v) is 12.3. The first-order chi connectivity index (χ1) is 16.6. The Morgan fingerprint density at radius 3 is 2.54 bits per heavy atom. The van der Waals surface area contributed by atoms with E-state index in [1.807, 2.05) is 0 Å². The van der Waals surface area contributed by atoms with E-state index in [0.29, 0.717) is 24.1 Å². The fourth-order valence-electron chi connectivity index (χ4n) is 5.79. The molecule has 1 aliphatic heterocycles. The first kappa shape index (κ1) is 24.0. The van der Waals surface area contributed by atoms with Crippen LogP contribution >= 0.6 is 15.9 Å². The average Bonchev–Trinajstić information content (AvgIpc) is 2.77. The summed E-state index contributed by atoms with van der Waals surface area (Å²) in [5.74, 6) is -6.63. The Labute approximate surface area is 208 Å². The number of ketones is 2. The van der Waals surface area contributed by atoms with E-state index in [4.69, 9.17) is 10.5 Å². The molecule has 186 valence electrons. The highest BCUT2D eigenvalue weighted by molar-refractivity contribution is 9.09. The number of primary amides is 1. The number of rotatable bonds is 5. The third kappa shape index (κ3) is 3.29. The van der Waals surface area contributed by atoms with Gasteiger partial charge >= 0.3 is 0 Å². The normalized spacial score (nSPS) is 31.4. The molecule has 1 saturated heterocycles. The molecule has 7 N–H and O–H groups in total. The molecule has 0 aromatic heterocycles. The second-order valence-electron chi connectivity index (χ2n) is 9.85. The summed E-state index contributed by atoms with van der Waals surface area (Å²) in [7, 11) is 0. The van der Waals surface area contributed by atoms with E-state index < -0.39 is 58.0 Å². The number of nitrogens with one attached hydrogen (secondary N) is 1. The number of fused-ring (bicyclic) bond motifs is 3. The van der Waals surface area contributed by atoms with E-state index in [9.17, 15) is 34.8 Å². The SMILES string of the molecule is NC(=O)C1=C(O)[C@@]2(O)C(=O)C3=C(O)c4c(O)cccc4C[C@H]3C[C@H]2[C@@H](NCC2(CBr)COC2)C1=O. The van der Waals surface area contributed by atoms with E-state index in [0.717, 1.165) is 0 Å². The molecular formula is C24H25BrN2O8. The van der Waals surface area contributed by atoms with Crippen LogP contribution in [0, 0.1) is 17.3 Å². The van der Waals surface area contributed by atoms with Gasteiger partial charge in [-0.2, -0.15) is 0 Å². The van der Waals surface area contributed by atoms with Gasteiger partial charge in [0, 0.05) is 28.8 Å². The number of aliphatic hydroxyl groups is 3. The van der Waals surface area contributed by atoms with Crippen LogP contribution < -0.4 is 11.1 Å². The second kappa shape index (κ2) is 8.16. The minimum Gasteiger partial charge on any atom is -0.508 e. The van der Waals surface area contributed by atoms with Crippen molar-refractivity contribution >= 4 is 39.2 Å². The summed E-state index contributed by atoms with van der Waals surface area (Å²) < 4.78 is 5.31. The maximum atomic E-state index is 13.7. The quantitative estimate of drug-likeness (QED) is 0.224. The monoisotopic (exact) mass is 548 g/mol. The minimum atomic E-state index is -2.66. The molecule has 2 fully saturated rings. The van der Waals surface area contributed by atoms with Gasteiger partial charge < -0.3 is 36.2 Å².